The Hall–Kier alpha value is -1.00. The molecule has 1 aromatic rings. The molecule has 1 heterocycles. The van der Waals surface area contributed by atoms with Crippen molar-refractivity contribution < 1.29 is 8.78 Å². The van der Waals surface area contributed by atoms with Gasteiger partial charge in [0.2, 0.25) is 0 Å². The predicted molar refractivity (Wildman–Crippen MR) is 72.9 cm³/mol. The lowest BCUT2D eigenvalue weighted by Crippen LogP contribution is -2.46. The molecular weight excluding hydrogens is 246 g/mol. The molecule has 3 atom stereocenters. The van der Waals surface area contributed by atoms with Gasteiger partial charge in [-0.2, -0.15) is 0 Å². The molecule has 2 rings (SSSR count). The van der Waals surface area contributed by atoms with Gasteiger partial charge in [0.1, 0.15) is 11.6 Å². The summed E-state index contributed by atoms with van der Waals surface area (Å²) in [6, 6.07) is 3.00. The average molecular weight is 268 g/mol. The van der Waals surface area contributed by atoms with E-state index in [1.165, 1.54) is 12.1 Å². The summed E-state index contributed by atoms with van der Waals surface area (Å²) < 4.78 is 27.7. The lowest BCUT2D eigenvalue weighted by Gasteiger charge is -2.40. The second-order valence-electron chi connectivity index (χ2n) is 5.67. The molecule has 4 heteroatoms. The molecule has 2 nitrogen and oxygen atoms in total. The van der Waals surface area contributed by atoms with Crippen molar-refractivity contribution >= 4 is 0 Å². The molecule has 1 saturated heterocycles. The minimum absolute atomic E-state index is 0.127. The fourth-order valence-corrected chi connectivity index (χ4v) is 2.96. The van der Waals surface area contributed by atoms with Gasteiger partial charge in [-0.15, -0.1) is 0 Å². The number of likely N-dealkylation sites (tertiary alicyclic amines) is 1. The number of halogens is 2. The van der Waals surface area contributed by atoms with Crippen LogP contribution >= 0.6 is 0 Å². The van der Waals surface area contributed by atoms with Gasteiger partial charge in [-0.1, -0.05) is 0 Å². The van der Waals surface area contributed by atoms with E-state index in [1.54, 1.807) is 6.92 Å². The molecule has 1 fully saturated rings. The molecule has 19 heavy (non-hydrogen) atoms. The van der Waals surface area contributed by atoms with Crippen molar-refractivity contribution in [2.24, 2.45) is 5.73 Å². The van der Waals surface area contributed by atoms with Crippen LogP contribution in [0.3, 0.4) is 0 Å². The van der Waals surface area contributed by atoms with Gasteiger partial charge < -0.3 is 5.73 Å². The number of hydrogen-bond acceptors (Lipinski definition) is 2. The number of hydrogen-bond donors (Lipinski definition) is 1. The SMILES string of the molecule is Cc1cc(F)c(C(C)N2CCC(N)CC2C)cc1F. The van der Waals surface area contributed by atoms with Crippen LogP contribution in [0.2, 0.25) is 0 Å². The molecule has 2 N–H and O–H groups in total. The fraction of sp³-hybridized carbons (Fsp3) is 0.600. The average Bonchev–Trinajstić information content (AvgIpc) is 2.33. The van der Waals surface area contributed by atoms with Crippen molar-refractivity contribution in [3.8, 4) is 0 Å². The van der Waals surface area contributed by atoms with Crippen LogP contribution in [-0.4, -0.2) is 23.5 Å². The number of benzene rings is 1. The molecule has 0 saturated carbocycles. The Morgan fingerprint density at radius 3 is 2.63 bits per heavy atom. The largest absolute Gasteiger partial charge is 0.328 e. The first kappa shape index (κ1) is 14.4. The third-order valence-electron chi connectivity index (χ3n) is 4.19. The lowest BCUT2D eigenvalue weighted by atomic mass is 9.94. The summed E-state index contributed by atoms with van der Waals surface area (Å²) >= 11 is 0. The molecule has 0 radical (unpaired) electrons. The Balaban J connectivity index is 2.24. The Bertz CT molecular complexity index is 462. The summed E-state index contributed by atoms with van der Waals surface area (Å²) in [5.41, 5.74) is 6.72. The van der Waals surface area contributed by atoms with Crippen molar-refractivity contribution in [3.63, 3.8) is 0 Å². The highest BCUT2D eigenvalue weighted by Crippen LogP contribution is 2.30. The highest BCUT2D eigenvalue weighted by molar-refractivity contribution is 5.27. The molecule has 3 unspecified atom stereocenters. The van der Waals surface area contributed by atoms with E-state index in [0.29, 0.717) is 17.2 Å². The molecule has 0 aliphatic carbocycles. The first-order valence-corrected chi connectivity index (χ1v) is 6.87. The zero-order valence-electron chi connectivity index (χ0n) is 11.8. The summed E-state index contributed by atoms with van der Waals surface area (Å²) in [6.07, 6.45) is 1.81. The van der Waals surface area contributed by atoms with Crippen molar-refractivity contribution in [1.82, 2.24) is 4.90 Å². The minimum Gasteiger partial charge on any atom is -0.328 e. The van der Waals surface area contributed by atoms with Crippen LogP contribution < -0.4 is 5.73 Å². The summed E-state index contributed by atoms with van der Waals surface area (Å²) in [4.78, 5) is 2.20. The molecule has 0 amide bonds. The number of rotatable bonds is 2. The molecule has 106 valence electrons. The smallest absolute Gasteiger partial charge is 0.128 e. The first-order chi connectivity index (χ1) is 8.90. The van der Waals surface area contributed by atoms with E-state index in [-0.39, 0.29) is 23.7 Å². The van der Waals surface area contributed by atoms with Gasteiger partial charge in [0.05, 0.1) is 0 Å². The van der Waals surface area contributed by atoms with Gasteiger partial charge in [-0.25, -0.2) is 8.78 Å². The monoisotopic (exact) mass is 268 g/mol. The Labute approximate surface area is 113 Å². The van der Waals surface area contributed by atoms with Crippen LogP contribution in [0.5, 0.6) is 0 Å². The highest BCUT2D eigenvalue weighted by Gasteiger charge is 2.29. The third-order valence-corrected chi connectivity index (χ3v) is 4.19. The van der Waals surface area contributed by atoms with Gasteiger partial charge in [-0.05, 0) is 51.3 Å². The predicted octanol–water partition coefficient (Wildman–Crippen LogP) is 3.15. The van der Waals surface area contributed by atoms with E-state index in [1.807, 2.05) is 6.92 Å². The molecular formula is C15H22F2N2. The zero-order chi connectivity index (χ0) is 14.2. The topological polar surface area (TPSA) is 29.3 Å². The van der Waals surface area contributed by atoms with E-state index in [4.69, 9.17) is 5.73 Å². The van der Waals surface area contributed by atoms with E-state index in [9.17, 15) is 8.78 Å². The van der Waals surface area contributed by atoms with E-state index in [0.717, 1.165) is 19.4 Å². The fourth-order valence-electron chi connectivity index (χ4n) is 2.96. The van der Waals surface area contributed by atoms with Crippen molar-refractivity contribution in [2.75, 3.05) is 6.54 Å². The zero-order valence-corrected chi connectivity index (χ0v) is 11.8. The quantitative estimate of drug-likeness (QED) is 0.892. The molecule has 0 spiro atoms. The minimum atomic E-state index is -0.343. The second-order valence-corrected chi connectivity index (χ2v) is 5.67. The van der Waals surface area contributed by atoms with Gasteiger partial charge >= 0.3 is 0 Å². The van der Waals surface area contributed by atoms with Crippen LogP contribution in [0.25, 0.3) is 0 Å². The summed E-state index contributed by atoms with van der Waals surface area (Å²) in [7, 11) is 0. The summed E-state index contributed by atoms with van der Waals surface area (Å²) in [5.74, 6) is -0.668. The maximum absolute atomic E-state index is 14.0. The lowest BCUT2D eigenvalue weighted by molar-refractivity contribution is 0.102. The number of nitrogens with zero attached hydrogens (tertiary/aromatic N) is 1. The molecule has 1 aliphatic heterocycles. The van der Waals surface area contributed by atoms with Crippen molar-refractivity contribution in [3.05, 3.63) is 34.9 Å². The Morgan fingerprint density at radius 1 is 1.32 bits per heavy atom. The highest BCUT2D eigenvalue weighted by atomic mass is 19.1. The van der Waals surface area contributed by atoms with Crippen LogP contribution in [0.15, 0.2) is 12.1 Å². The van der Waals surface area contributed by atoms with Gasteiger partial charge in [0, 0.05) is 30.2 Å². The van der Waals surface area contributed by atoms with Crippen molar-refractivity contribution in [2.45, 2.75) is 51.7 Å². The van der Waals surface area contributed by atoms with Gasteiger partial charge in [-0.3, -0.25) is 4.90 Å². The number of aryl methyl sites for hydroxylation is 1. The molecule has 1 aliphatic rings. The van der Waals surface area contributed by atoms with Crippen LogP contribution in [0.1, 0.15) is 43.9 Å². The van der Waals surface area contributed by atoms with E-state index in [2.05, 4.69) is 11.8 Å². The Kier molecular flexibility index (Phi) is 4.21. The van der Waals surface area contributed by atoms with Crippen LogP contribution in [0, 0.1) is 18.6 Å². The van der Waals surface area contributed by atoms with Crippen LogP contribution in [0.4, 0.5) is 8.78 Å². The Morgan fingerprint density at radius 2 is 2.00 bits per heavy atom. The number of nitrogens with two attached hydrogens (primary N) is 1. The van der Waals surface area contributed by atoms with Gasteiger partial charge in [0.25, 0.3) is 0 Å². The first-order valence-electron chi connectivity index (χ1n) is 6.87. The molecule has 1 aromatic carbocycles. The van der Waals surface area contributed by atoms with Crippen LogP contribution in [-0.2, 0) is 0 Å². The number of piperidine rings is 1. The van der Waals surface area contributed by atoms with E-state index < -0.39 is 0 Å². The maximum atomic E-state index is 14.0. The maximum Gasteiger partial charge on any atom is 0.128 e. The second kappa shape index (κ2) is 5.55. The standard InChI is InChI=1S/C15H22F2N2/c1-9-6-15(17)13(8-14(9)16)11(3)19-5-4-12(18)7-10(19)2/h6,8,10-12H,4-5,7,18H2,1-3H3. The molecule has 0 bridgehead atoms. The summed E-state index contributed by atoms with van der Waals surface area (Å²) in [5, 5.41) is 0. The summed E-state index contributed by atoms with van der Waals surface area (Å²) in [6.45, 7) is 6.44. The van der Waals surface area contributed by atoms with Crippen molar-refractivity contribution in [1.29, 1.82) is 0 Å². The molecule has 0 aromatic heterocycles. The normalized spacial score (nSPS) is 26.4. The van der Waals surface area contributed by atoms with E-state index >= 15 is 0 Å². The van der Waals surface area contributed by atoms with Gasteiger partial charge in [0.15, 0.2) is 0 Å². The third kappa shape index (κ3) is 2.95.